The highest BCUT2D eigenvalue weighted by Crippen LogP contribution is 2.26. The maximum atomic E-state index is 13.1. The third kappa shape index (κ3) is 6.17. The van der Waals surface area contributed by atoms with Crippen molar-refractivity contribution in [2.45, 2.75) is 69.8 Å². The van der Waals surface area contributed by atoms with Crippen LogP contribution in [0.15, 0.2) is 23.8 Å². The Morgan fingerprint density at radius 1 is 1.13 bits per heavy atom. The van der Waals surface area contributed by atoms with Crippen molar-refractivity contribution in [1.82, 2.24) is 25.5 Å². The van der Waals surface area contributed by atoms with Crippen LogP contribution in [0.2, 0.25) is 0 Å². The van der Waals surface area contributed by atoms with Gasteiger partial charge in [-0.25, -0.2) is 9.89 Å². The van der Waals surface area contributed by atoms with Crippen LogP contribution in [0.5, 0.6) is 0 Å². The van der Waals surface area contributed by atoms with E-state index < -0.39 is 11.7 Å². The Labute approximate surface area is 173 Å². The van der Waals surface area contributed by atoms with E-state index in [1.807, 2.05) is 0 Å². The summed E-state index contributed by atoms with van der Waals surface area (Å²) in [5, 5.41) is 13.7. The molecule has 1 saturated heterocycles. The van der Waals surface area contributed by atoms with E-state index in [-0.39, 0.29) is 12.1 Å². The van der Waals surface area contributed by atoms with Gasteiger partial charge in [-0.05, 0) is 60.3 Å². The Morgan fingerprint density at radius 2 is 1.93 bits per heavy atom. The number of nitrogens with zero attached hydrogens (tertiary/aromatic N) is 4. The average Bonchev–Trinajstić information content (AvgIpc) is 3.35. The molecule has 2 heterocycles. The molecule has 30 heavy (non-hydrogen) atoms. The van der Waals surface area contributed by atoms with Crippen LogP contribution in [-0.2, 0) is 16.0 Å². The Hall–Kier alpha value is -2.65. The largest absolute Gasteiger partial charge is 0.447 e. The number of hydrogen-bond acceptors (Lipinski definition) is 6. The number of alkyl halides is 2. The van der Waals surface area contributed by atoms with E-state index >= 15 is 0 Å². The number of ether oxygens (including phenoxy) is 1. The zero-order valence-corrected chi connectivity index (χ0v) is 16.9. The number of aryl methyl sites for hydroxylation is 1. The van der Waals surface area contributed by atoms with Gasteiger partial charge in [-0.3, -0.25) is 4.79 Å². The van der Waals surface area contributed by atoms with Gasteiger partial charge < -0.3 is 9.64 Å². The lowest BCUT2D eigenvalue weighted by atomic mass is 9.97. The quantitative estimate of drug-likeness (QED) is 0.517. The number of cyclic esters (lactones) is 1. The Bertz CT molecular complexity index is 779. The molecule has 10 heteroatoms. The lowest BCUT2D eigenvalue weighted by molar-refractivity contribution is -0.131. The third-order valence-corrected chi connectivity index (χ3v) is 5.43. The second-order valence-electron chi connectivity index (χ2n) is 7.72. The number of hydrogen-bond donors (Lipinski definition) is 1. The highest BCUT2D eigenvalue weighted by molar-refractivity contribution is 5.99. The number of rotatable bonds is 12. The predicted molar refractivity (Wildman–Crippen MR) is 104 cm³/mol. The second kappa shape index (κ2) is 10.4. The summed E-state index contributed by atoms with van der Waals surface area (Å²) < 4.78 is 31.5. The summed E-state index contributed by atoms with van der Waals surface area (Å²) in [5.74, 6) is -3.74. The Morgan fingerprint density at radius 3 is 2.70 bits per heavy atom. The molecule has 3 rings (SSSR count). The molecule has 1 N–H and O–H groups in total. The minimum absolute atomic E-state index is 0.0552. The van der Waals surface area contributed by atoms with Gasteiger partial charge in [0.05, 0.1) is 6.04 Å². The van der Waals surface area contributed by atoms with Gasteiger partial charge in [0.2, 0.25) is 5.78 Å². The van der Waals surface area contributed by atoms with Crippen molar-refractivity contribution in [3.8, 4) is 0 Å². The number of H-pyrrole nitrogens is 1. The molecule has 0 radical (unpaired) electrons. The highest BCUT2D eigenvalue weighted by Gasteiger charge is 2.36. The summed E-state index contributed by atoms with van der Waals surface area (Å²) >= 11 is 0. The SMILES string of the molecule is O=C1OCC(CCCCC2=CC(=O)C(F)(F)C=C2)N1CCCCCCc1nnn[nH]1. The molecule has 0 bridgehead atoms. The first-order chi connectivity index (χ1) is 14.5. The molecule has 1 fully saturated rings. The van der Waals surface area contributed by atoms with E-state index in [1.54, 1.807) is 4.90 Å². The van der Waals surface area contributed by atoms with Gasteiger partial charge in [-0.1, -0.05) is 25.3 Å². The van der Waals surface area contributed by atoms with Crippen molar-refractivity contribution in [2.75, 3.05) is 13.2 Å². The minimum Gasteiger partial charge on any atom is -0.447 e. The van der Waals surface area contributed by atoms with E-state index in [4.69, 9.17) is 4.74 Å². The standard InChI is InChI=1S/C20H27F2N5O3/c21-20(22)11-10-15(13-17(20)28)7-4-5-8-16-14-30-19(29)27(16)12-6-2-1-3-9-18-23-25-26-24-18/h10-11,13,16H,1-9,12,14H2,(H,23,24,25,26). The minimum atomic E-state index is -3.38. The van der Waals surface area contributed by atoms with E-state index in [0.29, 0.717) is 31.2 Å². The molecule has 1 atom stereocenters. The first-order valence-electron chi connectivity index (χ1n) is 10.4. The molecule has 0 aromatic carbocycles. The van der Waals surface area contributed by atoms with Crippen molar-refractivity contribution in [3.63, 3.8) is 0 Å². The number of unbranched alkanes of at least 4 members (excludes halogenated alkanes) is 4. The fourth-order valence-electron chi connectivity index (χ4n) is 3.69. The molecular formula is C20H27F2N5O3. The predicted octanol–water partition coefficient (Wildman–Crippen LogP) is 3.38. The molecule has 1 aromatic rings. The number of carbonyl (C=O) groups excluding carboxylic acids is 2. The number of aromatic amines is 1. The topological polar surface area (TPSA) is 101 Å². The summed E-state index contributed by atoms with van der Waals surface area (Å²) in [6.07, 6.45) is 10.5. The van der Waals surface area contributed by atoms with Gasteiger partial charge in [0, 0.05) is 13.0 Å². The highest BCUT2D eigenvalue weighted by atomic mass is 19.3. The molecule has 1 aromatic heterocycles. The van der Waals surface area contributed by atoms with Crippen molar-refractivity contribution < 1.29 is 23.1 Å². The maximum absolute atomic E-state index is 13.1. The second-order valence-corrected chi connectivity index (χ2v) is 7.72. The molecule has 0 spiro atoms. The molecule has 1 amide bonds. The van der Waals surface area contributed by atoms with Crippen LogP contribution in [0.1, 0.15) is 57.2 Å². The van der Waals surface area contributed by atoms with Crippen molar-refractivity contribution in [1.29, 1.82) is 0 Å². The number of halogens is 2. The fourth-order valence-corrected chi connectivity index (χ4v) is 3.69. The van der Waals surface area contributed by atoms with Gasteiger partial charge in [-0.2, -0.15) is 8.78 Å². The van der Waals surface area contributed by atoms with Gasteiger partial charge in [0.25, 0.3) is 0 Å². The van der Waals surface area contributed by atoms with Crippen molar-refractivity contribution >= 4 is 11.9 Å². The van der Waals surface area contributed by atoms with Gasteiger partial charge in [0.1, 0.15) is 12.4 Å². The number of carbonyl (C=O) groups is 2. The summed E-state index contributed by atoms with van der Waals surface area (Å²) in [4.78, 5) is 25.1. The molecule has 8 nitrogen and oxygen atoms in total. The molecule has 1 aliphatic carbocycles. The summed E-state index contributed by atoms with van der Waals surface area (Å²) in [7, 11) is 0. The van der Waals surface area contributed by atoms with E-state index in [9.17, 15) is 18.4 Å². The van der Waals surface area contributed by atoms with Gasteiger partial charge in [0.15, 0.2) is 0 Å². The zero-order valence-electron chi connectivity index (χ0n) is 16.9. The first kappa shape index (κ1) is 22.0. The maximum Gasteiger partial charge on any atom is 0.410 e. The first-order valence-corrected chi connectivity index (χ1v) is 10.4. The summed E-state index contributed by atoms with van der Waals surface area (Å²) in [6, 6.07) is 0.0552. The molecule has 0 saturated carbocycles. The summed E-state index contributed by atoms with van der Waals surface area (Å²) in [6.45, 7) is 1.06. The van der Waals surface area contributed by atoms with Crippen molar-refractivity contribution in [3.05, 3.63) is 29.6 Å². The third-order valence-electron chi connectivity index (χ3n) is 5.43. The molecule has 2 aliphatic rings. The van der Waals surface area contributed by atoms with Crippen LogP contribution in [0.4, 0.5) is 13.6 Å². The molecule has 164 valence electrons. The van der Waals surface area contributed by atoms with E-state index in [1.165, 1.54) is 6.08 Å². The molecular weight excluding hydrogens is 396 g/mol. The Kier molecular flexibility index (Phi) is 7.64. The number of aromatic nitrogens is 4. The lowest BCUT2D eigenvalue weighted by Gasteiger charge is -2.21. The zero-order chi connectivity index (χ0) is 21.4. The van der Waals surface area contributed by atoms with Crippen molar-refractivity contribution in [2.24, 2.45) is 0 Å². The van der Waals surface area contributed by atoms with Crippen LogP contribution in [0.3, 0.4) is 0 Å². The normalized spacial score (nSPS) is 20.5. The number of amides is 1. The summed E-state index contributed by atoms with van der Waals surface area (Å²) in [5.41, 5.74) is 0.627. The molecule has 1 aliphatic heterocycles. The fraction of sp³-hybridized carbons (Fsp3) is 0.650. The number of tetrazole rings is 1. The van der Waals surface area contributed by atoms with E-state index in [0.717, 1.165) is 63.3 Å². The van der Waals surface area contributed by atoms with Crippen LogP contribution in [0, 0.1) is 0 Å². The van der Waals surface area contributed by atoms with Crippen LogP contribution >= 0.6 is 0 Å². The molecule has 1 unspecified atom stereocenters. The van der Waals surface area contributed by atoms with Crippen LogP contribution in [0.25, 0.3) is 0 Å². The monoisotopic (exact) mass is 423 g/mol. The smallest absolute Gasteiger partial charge is 0.410 e. The Balaban J connectivity index is 1.30. The van der Waals surface area contributed by atoms with Crippen LogP contribution < -0.4 is 0 Å². The number of allylic oxidation sites excluding steroid dienone is 4. The van der Waals surface area contributed by atoms with Crippen LogP contribution in [-0.4, -0.2) is 62.5 Å². The lowest BCUT2D eigenvalue weighted by Crippen LogP contribution is -2.34. The van der Waals surface area contributed by atoms with Gasteiger partial charge >= 0.3 is 12.0 Å². The number of ketones is 1. The average molecular weight is 423 g/mol. The van der Waals surface area contributed by atoms with E-state index in [2.05, 4.69) is 20.6 Å². The van der Waals surface area contributed by atoms with Gasteiger partial charge in [-0.15, -0.1) is 5.10 Å². The number of nitrogens with one attached hydrogen (secondary N) is 1.